The molecule has 1 aliphatic heterocycles. The number of pyridine rings is 1. The van der Waals surface area contributed by atoms with E-state index in [0.717, 1.165) is 18.4 Å². The molecule has 2 N–H and O–H groups in total. The molecule has 2 aromatic rings. The van der Waals surface area contributed by atoms with Crippen molar-refractivity contribution in [1.29, 1.82) is 0 Å². The van der Waals surface area contributed by atoms with Gasteiger partial charge in [0.25, 0.3) is 5.91 Å². The normalized spacial score (nSPS) is 23.6. The molecule has 4 rings (SSSR count). The molecule has 9 heteroatoms. The van der Waals surface area contributed by atoms with Gasteiger partial charge in [0, 0.05) is 23.3 Å². The number of nitrogens with zero attached hydrogens (tertiary/aromatic N) is 2. The minimum atomic E-state index is -0.953. The number of Topliss-reactive ketones (excluding diaryl/α,β-unsaturated/α-hetero) is 1. The fraction of sp³-hybridized carbons (Fsp3) is 0.500. The first-order chi connectivity index (χ1) is 14.9. The average molecular weight is 443 g/mol. The Morgan fingerprint density at radius 2 is 2.23 bits per heavy atom. The van der Waals surface area contributed by atoms with Crippen LogP contribution in [-0.2, 0) is 14.3 Å². The Hall–Kier alpha value is -2.65. The van der Waals surface area contributed by atoms with Crippen molar-refractivity contribution in [2.24, 2.45) is 5.92 Å². The highest BCUT2D eigenvalue weighted by Gasteiger charge is 2.55. The summed E-state index contributed by atoms with van der Waals surface area (Å²) in [6.45, 7) is 3.99. The summed E-state index contributed by atoms with van der Waals surface area (Å²) in [6.07, 6.45) is 5.69. The third-order valence-corrected chi connectivity index (χ3v) is 6.71. The lowest BCUT2D eigenvalue weighted by atomic mass is 9.91. The highest BCUT2D eigenvalue weighted by Crippen LogP contribution is 2.38. The van der Waals surface area contributed by atoms with Crippen molar-refractivity contribution in [3.05, 3.63) is 35.6 Å². The third kappa shape index (κ3) is 4.38. The van der Waals surface area contributed by atoms with Gasteiger partial charge in [-0.1, -0.05) is 13.8 Å². The predicted octanol–water partition coefficient (Wildman–Crippen LogP) is 2.36. The number of ketones is 1. The average Bonchev–Trinajstić information content (AvgIpc) is 3.45. The number of rotatable bonds is 7. The van der Waals surface area contributed by atoms with Gasteiger partial charge in [-0.25, -0.2) is 4.98 Å². The van der Waals surface area contributed by atoms with Gasteiger partial charge >= 0.3 is 0 Å². The highest BCUT2D eigenvalue weighted by atomic mass is 32.1. The van der Waals surface area contributed by atoms with E-state index < -0.39 is 17.5 Å². The van der Waals surface area contributed by atoms with Crippen LogP contribution in [0.5, 0.6) is 0 Å². The number of hydrogen-bond donors (Lipinski definition) is 2. The first-order valence-corrected chi connectivity index (χ1v) is 11.4. The number of thiazole rings is 1. The van der Waals surface area contributed by atoms with E-state index in [2.05, 4.69) is 20.6 Å². The van der Waals surface area contributed by atoms with Gasteiger partial charge in [-0.3, -0.25) is 19.4 Å². The summed E-state index contributed by atoms with van der Waals surface area (Å²) < 4.78 is 5.58. The van der Waals surface area contributed by atoms with Crippen molar-refractivity contribution in [3.63, 3.8) is 0 Å². The summed E-state index contributed by atoms with van der Waals surface area (Å²) >= 11 is 1.34. The number of aromatic nitrogens is 2. The number of ether oxygens (including phenoxy) is 1. The Labute approximate surface area is 184 Å². The van der Waals surface area contributed by atoms with Crippen LogP contribution >= 0.6 is 11.3 Å². The van der Waals surface area contributed by atoms with Crippen molar-refractivity contribution in [2.45, 2.75) is 57.2 Å². The number of carbonyl (C=O) groups excluding carboxylic acids is 3. The Balaban J connectivity index is 1.48. The van der Waals surface area contributed by atoms with Crippen molar-refractivity contribution < 1.29 is 19.1 Å². The van der Waals surface area contributed by atoms with Crippen LogP contribution in [0.4, 0.5) is 0 Å². The molecule has 31 heavy (non-hydrogen) atoms. The van der Waals surface area contributed by atoms with Gasteiger partial charge in [-0.05, 0) is 43.7 Å². The highest BCUT2D eigenvalue weighted by molar-refractivity contribution is 7.13. The molecule has 3 unspecified atom stereocenters. The smallest absolute Gasteiger partial charge is 0.271 e. The standard InChI is InChI=1S/C22H26N4O4S/c1-13(2)9-15(20(29)26-22-7-3-6-18(22)30-11-17(22)27)24-19(28)16-12-31-21(25-16)14-5-4-8-23-10-14/h4-5,8,10,12-13,15,18H,3,6-7,9,11H2,1-2H3,(H,24,28)(H,26,29). The monoisotopic (exact) mass is 442 g/mol. The van der Waals surface area contributed by atoms with Crippen LogP contribution in [0.25, 0.3) is 10.6 Å². The van der Waals surface area contributed by atoms with E-state index in [4.69, 9.17) is 4.74 Å². The van der Waals surface area contributed by atoms with Crippen LogP contribution in [0, 0.1) is 5.92 Å². The summed E-state index contributed by atoms with van der Waals surface area (Å²) in [5.41, 5.74) is 0.127. The SMILES string of the molecule is CC(C)CC(NC(=O)c1csc(-c2cccnc2)n1)C(=O)NC12CCCC1OCC2=O. The molecule has 3 heterocycles. The number of amides is 2. The molecule has 2 aromatic heterocycles. The van der Waals surface area contributed by atoms with E-state index in [-0.39, 0.29) is 36.0 Å². The van der Waals surface area contributed by atoms with Gasteiger partial charge in [0.2, 0.25) is 5.91 Å². The largest absolute Gasteiger partial charge is 0.367 e. The van der Waals surface area contributed by atoms with E-state index in [1.54, 1.807) is 17.8 Å². The van der Waals surface area contributed by atoms with Gasteiger partial charge < -0.3 is 15.4 Å². The summed E-state index contributed by atoms with van der Waals surface area (Å²) in [4.78, 5) is 47.0. The summed E-state index contributed by atoms with van der Waals surface area (Å²) in [5.74, 6) is -0.680. The number of hydrogen-bond acceptors (Lipinski definition) is 7. The topological polar surface area (TPSA) is 110 Å². The predicted molar refractivity (Wildman–Crippen MR) is 116 cm³/mol. The van der Waals surface area contributed by atoms with Crippen LogP contribution < -0.4 is 10.6 Å². The van der Waals surface area contributed by atoms with E-state index in [1.165, 1.54) is 11.3 Å². The molecule has 0 radical (unpaired) electrons. The quantitative estimate of drug-likeness (QED) is 0.681. The van der Waals surface area contributed by atoms with Crippen LogP contribution in [0.1, 0.15) is 50.0 Å². The second-order valence-electron chi connectivity index (χ2n) is 8.51. The van der Waals surface area contributed by atoms with Gasteiger partial charge in [-0.15, -0.1) is 11.3 Å². The summed E-state index contributed by atoms with van der Waals surface area (Å²) in [7, 11) is 0. The van der Waals surface area contributed by atoms with Crippen molar-refractivity contribution in [2.75, 3.05) is 6.61 Å². The van der Waals surface area contributed by atoms with Crippen LogP contribution in [0.2, 0.25) is 0 Å². The molecule has 0 spiro atoms. The lowest BCUT2D eigenvalue weighted by Gasteiger charge is -2.30. The number of nitrogens with one attached hydrogen (secondary N) is 2. The number of fused-ring (bicyclic) bond motifs is 1. The Morgan fingerprint density at radius 1 is 1.39 bits per heavy atom. The first kappa shape index (κ1) is 21.6. The van der Waals surface area contributed by atoms with E-state index in [9.17, 15) is 14.4 Å². The van der Waals surface area contributed by atoms with Crippen LogP contribution in [0.15, 0.2) is 29.9 Å². The van der Waals surface area contributed by atoms with E-state index >= 15 is 0 Å². The van der Waals surface area contributed by atoms with Crippen LogP contribution in [0.3, 0.4) is 0 Å². The third-order valence-electron chi connectivity index (χ3n) is 5.82. The molecule has 3 atom stereocenters. The minimum Gasteiger partial charge on any atom is -0.367 e. The Bertz CT molecular complexity index is 977. The van der Waals surface area contributed by atoms with Crippen molar-refractivity contribution >= 4 is 28.9 Å². The Kier molecular flexibility index (Phi) is 6.15. The zero-order valence-corrected chi connectivity index (χ0v) is 18.4. The molecule has 0 aromatic carbocycles. The van der Waals surface area contributed by atoms with Gasteiger partial charge in [0.15, 0.2) is 5.78 Å². The molecular weight excluding hydrogens is 416 g/mol. The van der Waals surface area contributed by atoms with Crippen LogP contribution in [-0.4, -0.2) is 51.9 Å². The molecule has 1 saturated heterocycles. The maximum atomic E-state index is 13.2. The molecular formula is C22H26N4O4S. The molecule has 2 aliphatic rings. The molecule has 8 nitrogen and oxygen atoms in total. The Morgan fingerprint density at radius 3 is 2.97 bits per heavy atom. The van der Waals surface area contributed by atoms with Gasteiger partial charge in [0.1, 0.15) is 28.9 Å². The minimum absolute atomic E-state index is 0.0299. The lowest BCUT2D eigenvalue weighted by Crippen LogP contribution is -2.60. The fourth-order valence-electron chi connectivity index (χ4n) is 4.28. The summed E-state index contributed by atoms with van der Waals surface area (Å²) in [6, 6.07) is 2.92. The molecule has 0 bridgehead atoms. The molecule has 2 amide bonds. The second kappa shape index (κ2) is 8.84. The lowest BCUT2D eigenvalue weighted by molar-refractivity contribution is -0.131. The van der Waals surface area contributed by atoms with Gasteiger partial charge in [0.05, 0.1) is 6.10 Å². The zero-order valence-electron chi connectivity index (χ0n) is 17.6. The van der Waals surface area contributed by atoms with Crippen molar-refractivity contribution in [3.8, 4) is 10.6 Å². The summed E-state index contributed by atoms with van der Waals surface area (Å²) in [5, 5.41) is 8.12. The maximum Gasteiger partial charge on any atom is 0.271 e. The second-order valence-corrected chi connectivity index (χ2v) is 9.37. The number of carbonyl (C=O) groups is 3. The van der Waals surface area contributed by atoms with E-state index in [1.807, 2.05) is 26.0 Å². The maximum absolute atomic E-state index is 13.2. The molecule has 1 aliphatic carbocycles. The molecule has 2 fully saturated rings. The van der Waals surface area contributed by atoms with Gasteiger partial charge in [-0.2, -0.15) is 0 Å². The zero-order chi connectivity index (χ0) is 22.0. The first-order valence-electron chi connectivity index (χ1n) is 10.5. The van der Waals surface area contributed by atoms with Crippen molar-refractivity contribution in [1.82, 2.24) is 20.6 Å². The van der Waals surface area contributed by atoms with E-state index in [0.29, 0.717) is 17.8 Å². The fourth-order valence-corrected chi connectivity index (χ4v) is 5.07. The molecule has 164 valence electrons. The molecule has 1 saturated carbocycles.